The first-order chi connectivity index (χ1) is 12.0. The van der Waals surface area contributed by atoms with E-state index in [-0.39, 0.29) is 17.7 Å². The van der Waals surface area contributed by atoms with Crippen molar-refractivity contribution >= 4 is 17.6 Å². The number of rotatable bonds is 6. The Morgan fingerprint density at radius 1 is 1.00 bits per heavy atom. The van der Waals surface area contributed by atoms with Gasteiger partial charge in [0.25, 0.3) is 0 Å². The summed E-state index contributed by atoms with van der Waals surface area (Å²) >= 11 is 0. The minimum absolute atomic E-state index is 0.0341. The Kier molecular flexibility index (Phi) is 4.57. The Morgan fingerprint density at radius 2 is 1.56 bits per heavy atom. The van der Waals surface area contributed by atoms with Crippen LogP contribution < -0.4 is 19.5 Å². The largest absolute Gasteiger partial charge is 0.493 e. The highest BCUT2D eigenvalue weighted by Crippen LogP contribution is 2.48. The van der Waals surface area contributed by atoms with Crippen LogP contribution in [-0.4, -0.2) is 38.3 Å². The normalized spacial score (nSPS) is 26.4. The van der Waals surface area contributed by atoms with E-state index in [2.05, 4.69) is 5.32 Å². The second-order valence-corrected chi connectivity index (χ2v) is 6.24. The Balaban J connectivity index is 1.86. The van der Waals surface area contributed by atoms with Gasteiger partial charge in [-0.25, -0.2) is 0 Å². The summed E-state index contributed by atoms with van der Waals surface area (Å²) in [6.07, 6.45) is 4.57. The van der Waals surface area contributed by atoms with Crippen molar-refractivity contribution in [3.8, 4) is 17.2 Å². The molecule has 25 heavy (non-hydrogen) atoms. The molecule has 2 N–H and O–H groups in total. The summed E-state index contributed by atoms with van der Waals surface area (Å²) in [4.78, 5) is 24.3. The molecule has 3 rings (SSSR count). The minimum Gasteiger partial charge on any atom is -0.493 e. The van der Waals surface area contributed by atoms with Crippen molar-refractivity contribution in [3.05, 3.63) is 24.3 Å². The van der Waals surface area contributed by atoms with Gasteiger partial charge >= 0.3 is 5.97 Å². The van der Waals surface area contributed by atoms with Gasteiger partial charge in [-0.1, -0.05) is 12.2 Å². The van der Waals surface area contributed by atoms with E-state index in [1.807, 2.05) is 12.2 Å². The lowest BCUT2D eigenvalue weighted by Gasteiger charge is -2.24. The number of nitrogens with one attached hydrogen (secondary N) is 1. The quantitative estimate of drug-likeness (QED) is 0.766. The summed E-state index contributed by atoms with van der Waals surface area (Å²) in [5.74, 6) is -1.34. The van der Waals surface area contributed by atoms with Gasteiger partial charge in [0.15, 0.2) is 11.5 Å². The van der Waals surface area contributed by atoms with Crippen molar-refractivity contribution in [2.24, 2.45) is 23.7 Å². The van der Waals surface area contributed by atoms with E-state index in [9.17, 15) is 14.7 Å². The molecule has 0 aromatic heterocycles. The van der Waals surface area contributed by atoms with Crippen LogP contribution in [0.1, 0.15) is 6.42 Å². The van der Waals surface area contributed by atoms with Gasteiger partial charge in [-0.2, -0.15) is 0 Å². The number of ether oxygens (including phenoxy) is 3. The summed E-state index contributed by atoms with van der Waals surface area (Å²) in [5, 5.41) is 12.3. The first kappa shape index (κ1) is 17.1. The van der Waals surface area contributed by atoms with E-state index < -0.39 is 17.8 Å². The highest BCUT2D eigenvalue weighted by Gasteiger charge is 2.51. The molecule has 1 fully saturated rings. The van der Waals surface area contributed by atoms with E-state index in [4.69, 9.17) is 14.2 Å². The third-order valence-electron chi connectivity index (χ3n) is 4.98. The third-order valence-corrected chi connectivity index (χ3v) is 4.98. The number of carbonyl (C=O) groups is 2. The van der Waals surface area contributed by atoms with Crippen molar-refractivity contribution in [2.75, 3.05) is 26.6 Å². The predicted octanol–water partition coefficient (Wildman–Crippen LogP) is 2.17. The van der Waals surface area contributed by atoms with Crippen LogP contribution in [0.4, 0.5) is 5.69 Å². The van der Waals surface area contributed by atoms with Crippen LogP contribution >= 0.6 is 0 Å². The first-order valence-corrected chi connectivity index (χ1v) is 8.02. The van der Waals surface area contributed by atoms with Crippen LogP contribution in [0.15, 0.2) is 24.3 Å². The zero-order valence-corrected chi connectivity index (χ0v) is 14.3. The molecular formula is C18H21NO6. The van der Waals surface area contributed by atoms with Gasteiger partial charge in [-0.15, -0.1) is 0 Å². The van der Waals surface area contributed by atoms with Crippen LogP contribution in [0.25, 0.3) is 0 Å². The molecule has 0 radical (unpaired) electrons. The van der Waals surface area contributed by atoms with Gasteiger partial charge < -0.3 is 24.6 Å². The molecule has 0 heterocycles. The molecule has 4 atom stereocenters. The number of carboxylic acid groups (broad SMARTS) is 1. The predicted molar refractivity (Wildman–Crippen MR) is 90.1 cm³/mol. The van der Waals surface area contributed by atoms with Crippen LogP contribution in [-0.2, 0) is 9.59 Å². The number of fused-ring (bicyclic) bond motifs is 2. The highest BCUT2D eigenvalue weighted by molar-refractivity contribution is 5.96. The van der Waals surface area contributed by atoms with Gasteiger partial charge in [-0.05, 0) is 18.3 Å². The fourth-order valence-electron chi connectivity index (χ4n) is 3.90. The molecule has 7 nitrogen and oxygen atoms in total. The number of hydrogen-bond donors (Lipinski definition) is 2. The minimum atomic E-state index is -0.929. The van der Waals surface area contributed by atoms with Crippen molar-refractivity contribution in [3.63, 3.8) is 0 Å². The molecule has 1 saturated carbocycles. The average Bonchev–Trinajstić information content (AvgIpc) is 3.21. The summed E-state index contributed by atoms with van der Waals surface area (Å²) in [7, 11) is 4.48. The molecule has 1 aromatic carbocycles. The molecular weight excluding hydrogens is 326 g/mol. The lowest BCUT2D eigenvalue weighted by Crippen LogP contribution is -2.36. The van der Waals surface area contributed by atoms with Crippen molar-refractivity contribution in [1.82, 2.24) is 0 Å². The third kappa shape index (κ3) is 2.90. The molecule has 2 aliphatic rings. The summed E-state index contributed by atoms with van der Waals surface area (Å²) in [6.45, 7) is 0. The molecule has 0 saturated heterocycles. The fraction of sp³-hybridized carbons (Fsp3) is 0.444. The number of benzene rings is 1. The zero-order chi connectivity index (χ0) is 18.1. The number of aliphatic carboxylic acids is 1. The first-order valence-electron chi connectivity index (χ1n) is 8.02. The molecule has 2 aliphatic carbocycles. The Bertz CT molecular complexity index is 703. The standard InChI is InChI=1S/C18H21NO6/c1-23-12-7-11(8-13(24-2)16(12)25-3)19-17(20)14-9-4-5-10(6-9)15(14)18(21)22/h4-5,7-10,14-15H,6H2,1-3H3,(H,19,20)(H,21,22)/t9-,10+,14-,15+/m1/s1. The monoisotopic (exact) mass is 347 g/mol. The maximum Gasteiger partial charge on any atom is 0.307 e. The number of carboxylic acids is 1. The van der Waals surface area contributed by atoms with E-state index in [0.29, 0.717) is 29.4 Å². The second-order valence-electron chi connectivity index (χ2n) is 6.24. The molecule has 2 bridgehead atoms. The molecule has 0 aliphatic heterocycles. The van der Waals surface area contributed by atoms with Crippen LogP contribution in [0.3, 0.4) is 0 Å². The highest BCUT2D eigenvalue weighted by atomic mass is 16.5. The van der Waals surface area contributed by atoms with Crippen molar-refractivity contribution in [1.29, 1.82) is 0 Å². The number of anilines is 1. The number of carbonyl (C=O) groups excluding carboxylic acids is 1. The summed E-state index contributed by atoms with van der Waals surface area (Å²) < 4.78 is 15.8. The SMILES string of the molecule is COc1cc(NC(=O)[C@H]2[C@@H](C(=O)O)[C@H]3C=C[C@@H]2C3)cc(OC)c1OC. The molecule has 1 aromatic rings. The van der Waals surface area contributed by atoms with E-state index >= 15 is 0 Å². The smallest absolute Gasteiger partial charge is 0.307 e. The maximum atomic E-state index is 12.8. The molecule has 0 unspecified atom stereocenters. The van der Waals surface area contributed by atoms with Crippen LogP contribution in [0.5, 0.6) is 17.2 Å². The average molecular weight is 347 g/mol. The lowest BCUT2D eigenvalue weighted by atomic mass is 9.82. The van der Waals surface area contributed by atoms with Crippen molar-refractivity contribution in [2.45, 2.75) is 6.42 Å². The maximum absolute atomic E-state index is 12.8. The van der Waals surface area contributed by atoms with Crippen LogP contribution in [0.2, 0.25) is 0 Å². The second kappa shape index (κ2) is 6.66. The molecule has 134 valence electrons. The number of hydrogen-bond acceptors (Lipinski definition) is 5. The molecule has 1 amide bonds. The lowest BCUT2D eigenvalue weighted by molar-refractivity contribution is -0.146. The molecule has 7 heteroatoms. The van der Waals surface area contributed by atoms with Gasteiger partial charge in [0.1, 0.15) is 0 Å². The van der Waals surface area contributed by atoms with Gasteiger partial charge in [0.05, 0.1) is 33.2 Å². The number of amides is 1. The van der Waals surface area contributed by atoms with E-state index in [1.165, 1.54) is 21.3 Å². The molecule has 0 spiro atoms. The van der Waals surface area contributed by atoms with E-state index in [0.717, 1.165) is 0 Å². The number of allylic oxidation sites excluding steroid dienone is 2. The Labute approximate surface area is 145 Å². The Hall–Kier alpha value is -2.70. The summed E-state index contributed by atoms with van der Waals surface area (Å²) in [6, 6.07) is 3.25. The summed E-state index contributed by atoms with van der Waals surface area (Å²) in [5.41, 5.74) is 0.468. The van der Waals surface area contributed by atoms with Crippen LogP contribution in [0, 0.1) is 23.7 Å². The van der Waals surface area contributed by atoms with Gasteiger partial charge in [-0.3, -0.25) is 9.59 Å². The topological polar surface area (TPSA) is 94.1 Å². The van der Waals surface area contributed by atoms with E-state index in [1.54, 1.807) is 12.1 Å². The number of methoxy groups -OCH3 is 3. The fourth-order valence-corrected chi connectivity index (χ4v) is 3.90. The van der Waals surface area contributed by atoms with Gasteiger partial charge in [0.2, 0.25) is 11.7 Å². The Morgan fingerprint density at radius 3 is 2.04 bits per heavy atom. The van der Waals surface area contributed by atoms with Crippen molar-refractivity contribution < 1.29 is 28.9 Å². The zero-order valence-electron chi connectivity index (χ0n) is 14.3. The van der Waals surface area contributed by atoms with Gasteiger partial charge in [0, 0.05) is 17.8 Å².